The molecule has 8 rings (SSSR count). The van der Waals surface area contributed by atoms with Gasteiger partial charge in [-0.25, -0.2) is 9.97 Å². The molecule has 14 heteroatoms. The molecule has 3 fully saturated rings. The molecule has 4 amide bonds. The number of nitrogens with zero attached hydrogens (tertiary/aromatic N) is 6. The number of carbonyl (C=O) groups is 4. The second kappa shape index (κ2) is 12.9. The van der Waals surface area contributed by atoms with Crippen molar-refractivity contribution in [1.29, 1.82) is 0 Å². The van der Waals surface area contributed by atoms with E-state index in [9.17, 15) is 19.2 Å². The first-order chi connectivity index (χ1) is 23.8. The first kappa shape index (κ1) is 31.4. The second-order valence-corrected chi connectivity index (χ2v) is 13.5. The number of carbonyl (C=O) groups excluding carboxylic acids is 4. The zero-order chi connectivity index (χ0) is 33.6. The summed E-state index contributed by atoms with van der Waals surface area (Å²) >= 11 is 6.53. The maximum Gasteiger partial charge on any atom is 0.262 e. The van der Waals surface area contributed by atoms with Gasteiger partial charge in [0, 0.05) is 93.2 Å². The summed E-state index contributed by atoms with van der Waals surface area (Å²) in [5, 5.41) is 7.35. The summed E-state index contributed by atoms with van der Waals surface area (Å²) < 4.78 is 0. The minimum Gasteiger partial charge on any atom is -0.369 e. The molecule has 4 aliphatic rings. The third kappa shape index (κ3) is 6.02. The van der Waals surface area contributed by atoms with Crippen LogP contribution in [0.3, 0.4) is 0 Å². The number of piperidine rings is 1. The number of halogens is 1. The Morgan fingerprint density at radius 3 is 2.51 bits per heavy atom. The van der Waals surface area contributed by atoms with Crippen LogP contribution in [0.25, 0.3) is 22.2 Å². The molecule has 3 saturated heterocycles. The minimum atomic E-state index is -0.964. The largest absolute Gasteiger partial charge is 0.369 e. The fourth-order valence-electron chi connectivity index (χ4n) is 7.40. The smallest absolute Gasteiger partial charge is 0.262 e. The zero-order valence-corrected chi connectivity index (χ0v) is 27.6. The van der Waals surface area contributed by atoms with Gasteiger partial charge in [0.25, 0.3) is 11.8 Å². The molecule has 0 bridgehead atoms. The van der Waals surface area contributed by atoms with Gasteiger partial charge in [0.1, 0.15) is 6.04 Å². The number of anilines is 2. The van der Waals surface area contributed by atoms with E-state index < -0.39 is 23.8 Å². The fourth-order valence-corrected chi connectivity index (χ4v) is 7.59. The van der Waals surface area contributed by atoms with Crippen LogP contribution < -0.4 is 15.5 Å². The number of fused-ring (bicyclic) bond motifs is 2. The highest BCUT2D eigenvalue weighted by Gasteiger charge is 2.44. The Morgan fingerprint density at radius 1 is 0.878 bits per heavy atom. The van der Waals surface area contributed by atoms with E-state index >= 15 is 0 Å². The van der Waals surface area contributed by atoms with Crippen molar-refractivity contribution in [2.75, 3.05) is 62.6 Å². The van der Waals surface area contributed by atoms with E-state index in [0.29, 0.717) is 27.8 Å². The van der Waals surface area contributed by atoms with E-state index in [0.717, 1.165) is 85.8 Å². The van der Waals surface area contributed by atoms with E-state index in [-0.39, 0.29) is 24.8 Å². The van der Waals surface area contributed by atoms with Gasteiger partial charge in [0.2, 0.25) is 17.8 Å². The average Bonchev–Trinajstić information content (AvgIpc) is 3.81. The number of hydrogen-bond donors (Lipinski definition) is 3. The molecule has 0 radical (unpaired) electrons. The average molecular weight is 682 g/mol. The molecule has 1 unspecified atom stereocenters. The molecule has 4 aliphatic heterocycles. The molecular weight excluding hydrogens is 646 g/mol. The third-order valence-corrected chi connectivity index (χ3v) is 10.4. The number of likely N-dealkylation sites (tertiary alicyclic amines) is 1. The predicted octanol–water partition coefficient (Wildman–Crippen LogP) is 2.99. The molecule has 2 aromatic heterocycles. The highest BCUT2D eigenvalue weighted by Crippen LogP contribution is 2.33. The van der Waals surface area contributed by atoms with E-state index in [1.165, 1.54) is 0 Å². The number of benzene rings is 2. The van der Waals surface area contributed by atoms with Crippen LogP contribution in [0.2, 0.25) is 5.02 Å². The Labute approximate surface area is 287 Å². The number of H-pyrrole nitrogens is 1. The van der Waals surface area contributed by atoms with Crippen molar-refractivity contribution in [3.05, 3.63) is 71.0 Å². The van der Waals surface area contributed by atoms with Crippen LogP contribution in [0.15, 0.2) is 54.9 Å². The van der Waals surface area contributed by atoms with Crippen LogP contribution >= 0.6 is 11.6 Å². The van der Waals surface area contributed by atoms with Gasteiger partial charge < -0.3 is 15.2 Å². The molecule has 2 aromatic carbocycles. The Balaban J connectivity index is 0.824. The molecule has 3 N–H and O–H groups in total. The number of para-hydroxylation sites is 1. The highest BCUT2D eigenvalue weighted by atomic mass is 35.5. The number of aromatic nitrogens is 3. The Morgan fingerprint density at radius 2 is 1.67 bits per heavy atom. The lowest BCUT2D eigenvalue weighted by atomic mass is 10.0. The second-order valence-electron chi connectivity index (χ2n) is 13.1. The van der Waals surface area contributed by atoms with Crippen LogP contribution in [0.4, 0.5) is 11.6 Å². The number of aromatic amines is 1. The summed E-state index contributed by atoms with van der Waals surface area (Å²) in [7, 11) is 0. The Bertz CT molecular complexity index is 1970. The van der Waals surface area contributed by atoms with Crippen molar-refractivity contribution in [3.8, 4) is 11.3 Å². The van der Waals surface area contributed by atoms with Gasteiger partial charge in [0.05, 0.1) is 28.0 Å². The van der Waals surface area contributed by atoms with Gasteiger partial charge in [-0.05, 0) is 37.1 Å². The van der Waals surface area contributed by atoms with Crippen molar-refractivity contribution in [3.63, 3.8) is 0 Å². The summed E-state index contributed by atoms with van der Waals surface area (Å²) in [4.78, 5) is 71.0. The van der Waals surface area contributed by atoms with Crippen LogP contribution in [0, 0.1) is 0 Å². The maximum absolute atomic E-state index is 13.3. The molecule has 6 heterocycles. The number of hydrogen-bond acceptors (Lipinski definition) is 10. The minimum absolute atomic E-state index is 0.0980. The fraction of sp³-hybridized carbons (Fsp3) is 0.371. The lowest BCUT2D eigenvalue weighted by molar-refractivity contribution is -0.136. The van der Waals surface area contributed by atoms with Gasteiger partial charge in [-0.1, -0.05) is 29.8 Å². The van der Waals surface area contributed by atoms with E-state index in [2.05, 4.69) is 41.4 Å². The summed E-state index contributed by atoms with van der Waals surface area (Å²) in [5.74, 6) is -1.38. The standard InChI is InChI=1S/C35H36ClN9O4/c36-27-19-38-35(41-31(27)26-18-37-28-4-2-1-3-23(26)28)39-21-9-10-43(20-21)12-11-42-13-15-44(16-14-42)22-5-6-24-25(17-22)34(49)45(33(24)48)29-7-8-30(46)40-32(29)47/h1-6,17-19,21,29,37H,7-16,20H2,(H,38,39,41)(H,40,46,47)/t21-,29?/m1/s1. The molecule has 13 nitrogen and oxygen atoms in total. The van der Waals surface area contributed by atoms with Gasteiger partial charge in [0.15, 0.2) is 0 Å². The quantitative estimate of drug-likeness (QED) is 0.237. The number of piperazine rings is 1. The first-order valence-corrected chi connectivity index (χ1v) is 17.1. The van der Waals surface area contributed by atoms with E-state index in [1.807, 2.05) is 30.5 Å². The summed E-state index contributed by atoms with van der Waals surface area (Å²) in [6.45, 7) is 7.20. The lowest BCUT2D eigenvalue weighted by Gasteiger charge is -2.36. The number of nitrogens with one attached hydrogen (secondary N) is 3. The zero-order valence-electron chi connectivity index (χ0n) is 26.8. The molecule has 49 heavy (non-hydrogen) atoms. The molecule has 0 spiro atoms. The van der Waals surface area contributed by atoms with Crippen LogP contribution in [0.1, 0.15) is 40.0 Å². The van der Waals surface area contributed by atoms with Crippen molar-refractivity contribution >= 4 is 57.8 Å². The Kier molecular flexibility index (Phi) is 8.26. The molecule has 0 saturated carbocycles. The van der Waals surface area contributed by atoms with Crippen LogP contribution in [0.5, 0.6) is 0 Å². The molecule has 2 atom stereocenters. The molecule has 4 aromatic rings. The molecule has 252 valence electrons. The van der Waals surface area contributed by atoms with Crippen molar-refractivity contribution < 1.29 is 19.2 Å². The van der Waals surface area contributed by atoms with Crippen LogP contribution in [-0.2, 0) is 9.59 Å². The monoisotopic (exact) mass is 681 g/mol. The maximum atomic E-state index is 13.3. The van der Waals surface area contributed by atoms with Gasteiger partial charge >= 0.3 is 0 Å². The topological polar surface area (TPSA) is 147 Å². The van der Waals surface area contributed by atoms with E-state index in [4.69, 9.17) is 16.6 Å². The summed E-state index contributed by atoms with van der Waals surface area (Å²) in [6.07, 6.45) is 4.84. The number of imide groups is 2. The van der Waals surface area contributed by atoms with Crippen molar-refractivity contribution in [2.24, 2.45) is 0 Å². The van der Waals surface area contributed by atoms with Crippen LogP contribution in [-0.4, -0.2) is 118 Å². The highest BCUT2D eigenvalue weighted by molar-refractivity contribution is 6.33. The first-order valence-electron chi connectivity index (χ1n) is 16.7. The molecule has 0 aliphatic carbocycles. The normalized spacial score (nSPS) is 21.9. The van der Waals surface area contributed by atoms with Gasteiger partial charge in [-0.3, -0.25) is 39.2 Å². The van der Waals surface area contributed by atoms with Crippen molar-refractivity contribution in [1.82, 2.24) is 35.0 Å². The summed E-state index contributed by atoms with van der Waals surface area (Å²) in [5.41, 5.74) is 4.19. The SMILES string of the molecule is O=C1CCC(N2C(=O)c3ccc(N4CCN(CCN5CC[C@@H](Nc6ncc(Cl)c(-c7c[nH]c8ccccc78)n6)C5)CC4)cc3C2=O)C(=O)N1. The van der Waals surface area contributed by atoms with Gasteiger partial charge in [-0.2, -0.15) is 0 Å². The van der Waals surface area contributed by atoms with Gasteiger partial charge in [-0.15, -0.1) is 0 Å². The molecular formula is C35H36ClN9O4. The number of rotatable bonds is 8. The number of amides is 4. The third-order valence-electron chi connectivity index (χ3n) is 10.1. The Hall–Kier alpha value is -4.85. The lowest BCUT2D eigenvalue weighted by Crippen LogP contribution is -2.54. The van der Waals surface area contributed by atoms with E-state index in [1.54, 1.807) is 18.3 Å². The summed E-state index contributed by atoms with van der Waals surface area (Å²) in [6, 6.07) is 12.7. The van der Waals surface area contributed by atoms with Crippen molar-refractivity contribution in [2.45, 2.75) is 31.3 Å². The predicted molar refractivity (Wildman–Crippen MR) is 185 cm³/mol.